The van der Waals surface area contributed by atoms with Gasteiger partial charge >= 0.3 is 0 Å². The maximum Gasteiger partial charge on any atom is 0.266 e. The van der Waals surface area contributed by atoms with Crippen molar-refractivity contribution in [2.24, 2.45) is 0 Å². The van der Waals surface area contributed by atoms with Crippen molar-refractivity contribution in [1.29, 1.82) is 0 Å². The lowest BCUT2D eigenvalue weighted by molar-refractivity contribution is -0.135. The molecular formula is C22H26N2O3S2. The molecule has 1 N–H and O–H groups in total. The summed E-state index contributed by atoms with van der Waals surface area (Å²) in [5.74, 6) is -0.110. The van der Waals surface area contributed by atoms with Gasteiger partial charge in [0, 0.05) is 32.2 Å². The molecule has 29 heavy (non-hydrogen) atoms. The number of aliphatic hydroxyl groups is 1. The summed E-state index contributed by atoms with van der Waals surface area (Å²) in [6, 6.07) is 9.97. The van der Waals surface area contributed by atoms with E-state index in [0.717, 1.165) is 31.4 Å². The highest BCUT2D eigenvalue weighted by molar-refractivity contribution is 8.26. The largest absolute Gasteiger partial charge is 0.396 e. The van der Waals surface area contributed by atoms with E-state index in [1.165, 1.54) is 16.7 Å². The van der Waals surface area contributed by atoms with Crippen LogP contribution in [0.3, 0.4) is 0 Å². The molecule has 0 aromatic heterocycles. The lowest BCUT2D eigenvalue weighted by Crippen LogP contribution is -2.45. The maximum atomic E-state index is 12.7. The molecule has 5 nitrogen and oxygen atoms in total. The second-order valence-electron chi connectivity index (χ2n) is 7.12. The third-order valence-electron chi connectivity index (χ3n) is 5.17. The average Bonchev–Trinajstić information content (AvgIpc) is 3.00. The Morgan fingerprint density at radius 2 is 2.07 bits per heavy atom. The highest BCUT2D eigenvalue weighted by Crippen LogP contribution is 2.31. The molecular weight excluding hydrogens is 404 g/mol. The maximum absolute atomic E-state index is 12.7. The van der Waals surface area contributed by atoms with Crippen molar-refractivity contribution in [2.75, 3.05) is 19.7 Å². The van der Waals surface area contributed by atoms with Crippen LogP contribution in [0.5, 0.6) is 0 Å². The molecule has 1 aromatic carbocycles. The molecule has 1 atom stereocenters. The number of likely N-dealkylation sites (tertiary alicyclic amines) is 1. The predicted octanol–water partition coefficient (Wildman–Crippen LogP) is 3.60. The van der Waals surface area contributed by atoms with Crippen molar-refractivity contribution in [2.45, 2.75) is 38.1 Å². The Bertz CT molecular complexity index is 806. The van der Waals surface area contributed by atoms with Gasteiger partial charge in [-0.25, -0.2) is 0 Å². The van der Waals surface area contributed by atoms with Crippen LogP contribution in [0.15, 0.2) is 47.4 Å². The average molecular weight is 431 g/mol. The number of hydrogen-bond donors (Lipinski definition) is 1. The van der Waals surface area contributed by atoms with Crippen molar-refractivity contribution in [3.63, 3.8) is 0 Å². The van der Waals surface area contributed by atoms with E-state index in [2.05, 4.69) is 0 Å². The van der Waals surface area contributed by atoms with E-state index in [0.29, 0.717) is 22.2 Å². The first-order valence-corrected chi connectivity index (χ1v) is 11.2. The Kier molecular flexibility index (Phi) is 8.03. The second-order valence-corrected chi connectivity index (χ2v) is 8.80. The van der Waals surface area contributed by atoms with Crippen molar-refractivity contribution < 1.29 is 14.7 Å². The molecule has 2 amide bonds. The summed E-state index contributed by atoms with van der Waals surface area (Å²) in [4.78, 5) is 29.3. The van der Waals surface area contributed by atoms with Gasteiger partial charge in [0.2, 0.25) is 5.91 Å². The van der Waals surface area contributed by atoms with E-state index in [1.54, 1.807) is 6.08 Å². The van der Waals surface area contributed by atoms with Gasteiger partial charge in [-0.1, -0.05) is 66.5 Å². The number of amides is 2. The van der Waals surface area contributed by atoms with E-state index < -0.39 is 0 Å². The summed E-state index contributed by atoms with van der Waals surface area (Å²) >= 11 is 6.63. The Hall–Kier alpha value is -1.96. The van der Waals surface area contributed by atoms with E-state index in [9.17, 15) is 14.7 Å². The molecule has 2 aliphatic rings. The molecule has 3 rings (SSSR count). The molecule has 2 fully saturated rings. The summed E-state index contributed by atoms with van der Waals surface area (Å²) in [6.45, 7) is 1.11. The van der Waals surface area contributed by atoms with E-state index >= 15 is 0 Å². The smallest absolute Gasteiger partial charge is 0.266 e. The first-order valence-electron chi connectivity index (χ1n) is 9.97. The first-order chi connectivity index (χ1) is 14.1. The van der Waals surface area contributed by atoms with Crippen molar-refractivity contribution in [3.05, 3.63) is 53.0 Å². The van der Waals surface area contributed by atoms with Crippen LogP contribution in [0.1, 0.15) is 37.7 Å². The number of thiocarbonyl (C=S) groups is 1. The number of thioether (sulfide) groups is 1. The highest BCUT2D eigenvalue weighted by atomic mass is 32.2. The van der Waals surface area contributed by atoms with E-state index in [-0.39, 0.29) is 30.9 Å². The van der Waals surface area contributed by atoms with Gasteiger partial charge in [0.1, 0.15) is 4.32 Å². The quantitative estimate of drug-likeness (QED) is 0.529. The summed E-state index contributed by atoms with van der Waals surface area (Å²) in [5.41, 5.74) is 1.06. The molecule has 2 heterocycles. The van der Waals surface area contributed by atoms with Gasteiger partial charge in [-0.2, -0.15) is 0 Å². The van der Waals surface area contributed by atoms with Crippen LogP contribution in [0.2, 0.25) is 0 Å². The van der Waals surface area contributed by atoms with Crippen LogP contribution in [0.25, 0.3) is 6.08 Å². The number of aliphatic hydroxyl groups excluding tert-OH is 1. The Balaban J connectivity index is 1.56. The number of benzene rings is 1. The number of hydrogen-bond acceptors (Lipinski definition) is 5. The molecule has 2 saturated heterocycles. The van der Waals surface area contributed by atoms with Crippen LogP contribution in [-0.4, -0.2) is 56.8 Å². The lowest BCUT2D eigenvalue weighted by Gasteiger charge is -2.36. The Morgan fingerprint density at radius 3 is 2.83 bits per heavy atom. The minimum Gasteiger partial charge on any atom is -0.396 e. The highest BCUT2D eigenvalue weighted by Gasteiger charge is 2.33. The van der Waals surface area contributed by atoms with Gasteiger partial charge in [-0.05, 0) is 37.3 Å². The van der Waals surface area contributed by atoms with Crippen molar-refractivity contribution >= 4 is 46.2 Å². The fraction of sp³-hybridized carbons (Fsp3) is 0.409. The molecule has 2 aliphatic heterocycles. The monoisotopic (exact) mass is 430 g/mol. The molecule has 0 bridgehead atoms. The molecule has 0 saturated carbocycles. The van der Waals surface area contributed by atoms with Gasteiger partial charge in [0.05, 0.1) is 4.91 Å². The van der Waals surface area contributed by atoms with Crippen LogP contribution >= 0.6 is 24.0 Å². The van der Waals surface area contributed by atoms with Gasteiger partial charge in [-0.15, -0.1) is 0 Å². The fourth-order valence-electron chi connectivity index (χ4n) is 3.65. The summed E-state index contributed by atoms with van der Waals surface area (Å²) in [6.07, 6.45) is 9.44. The molecule has 1 unspecified atom stereocenters. The summed E-state index contributed by atoms with van der Waals surface area (Å²) in [5, 5.41) is 9.24. The van der Waals surface area contributed by atoms with E-state index in [4.69, 9.17) is 12.2 Å². The Labute approximate surface area is 181 Å². The third kappa shape index (κ3) is 5.78. The van der Waals surface area contributed by atoms with Crippen LogP contribution in [0.4, 0.5) is 0 Å². The first kappa shape index (κ1) is 21.7. The zero-order valence-corrected chi connectivity index (χ0v) is 18.0. The molecule has 154 valence electrons. The normalized spacial score (nSPS) is 21.6. The Morgan fingerprint density at radius 1 is 1.28 bits per heavy atom. The number of piperidine rings is 1. The van der Waals surface area contributed by atoms with Crippen molar-refractivity contribution in [3.8, 4) is 0 Å². The lowest BCUT2D eigenvalue weighted by atomic mass is 9.99. The number of allylic oxidation sites excluding steroid dienone is 2. The van der Waals surface area contributed by atoms with Gasteiger partial charge in [-0.3, -0.25) is 14.5 Å². The SMILES string of the molecule is O=C1C(=CC=Cc2ccccc2)SC(=S)N1CCC(=O)N1CCCCC1CCO. The van der Waals surface area contributed by atoms with Crippen molar-refractivity contribution in [1.82, 2.24) is 9.80 Å². The molecule has 7 heteroatoms. The van der Waals surface area contributed by atoms with Gasteiger partial charge in [0.15, 0.2) is 0 Å². The molecule has 0 spiro atoms. The molecule has 0 aliphatic carbocycles. The predicted molar refractivity (Wildman–Crippen MR) is 121 cm³/mol. The van der Waals surface area contributed by atoms with Crippen LogP contribution in [0, 0.1) is 0 Å². The van der Waals surface area contributed by atoms with Crippen LogP contribution in [-0.2, 0) is 9.59 Å². The number of rotatable bonds is 7. The second kappa shape index (κ2) is 10.7. The molecule has 0 radical (unpaired) electrons. The zero-order valence-electron chi connectivity index (χ0n) is 16.3. The number of nitrogens with zero attached hydrogens (tertiary/aromatic N) is 2. The van der Waals surface area contributed by atoms with Crippen LogP contribution < -0.4 is 0 Å². The zero-order chi connectivity index (χ0) is 20.6. The summed E-state index contributed by atoms with van der Waals surface area (Å²) in [7, 11) is 0. The summed E-state index contributed by atoms with van der Waals surface area (Å²) < 4.78 is 0.493. The molecule has 1 aromatic rings. The number of carbonyl (C=O) groups is 2. The minimum atomic E-state index is -0.143. The standard InChI is InChI=1S/C22H26N2O3S2/c25-16-13-18-10-4-5-14-23(18)20(26)12-15-24-21(27)19(29-22(24)28)11-6-9-17-7-2-1-3-8-17/h1-3,6-9,11,18,25H,4-5,10,12-16H2. The minimum absolute atomic E-state index is 0.0325. The number of carbonyl (C=O) groups excluding carboxylic acids is 2. The van der Waals surface area contributed by atoms with E-state index in [1.807, 2.05) is 47.4 Å². The van der Waals surface area contributed by atoms with Gasteiger partial charge < -0.3 is 10.0 Å². The fourth-order valence-corrected chi connectivity index (χ4v) is 4.91. The topological polar surface area (TPSA) is 60.9 Å². The third-order valence-corrected chi connectivity index (χ3v) is 6.56. The van der Waals surface area contributed by atoms with Gasteiger partial charge in [0.25, 0.3) is 5.91 Å².